The van der Waals surface area contributed by atoms with Crippen molar-refractivity contribution in [2.45, 2.75) is 58.3 Å². The lowest BCUT2D eigenvalue weighted by Gasteiger charge is -2.18. The number of allylic oxidation sites excluding steroid dienone is 4. The van der Waals surface area contributed by atoms with Gasteiger partial charge >= 0.3 is 15.2 Å². The maximum Gasteiger partial charge on any atom is 0.340 e. The lowest BCUT2D eigenvalue weighted by Crippen LogP contribution is -2.09. The van der Waals surface area contributed by atoms with E-state index >= 15 is 0 Å². The van der Waals surface area contributed by atoms with E-state index in [4.69, 9.17) is 19.6 Å². The lowest BCUT2D eigenvalue weighted by atomic mass is 10.1. The van der Waals surface area contributed by atoms with E-state index in [2.05, 4.69) is 6.08 Å². The van der Waals surface area contributed by atoms with Crippen molar-refractivity contribution in [3.8, 4) is 0 Å². The molecule has 0 aromatic carbocycles. The van der Waals surface area contributed by atoms with Crippen molar-refractivity contribution in [2.24, 2.45) is 0 Å². The van der Waals surface area contributed by atoms with Gasteiger partial charge in [0.05, 0.1) is 0 Å². The quantitative estimate of drug-likeness (QED) is 0.289. The molecule has 0 amide bonds. The van der Waals surface area contributed by atoms with Crippen molar-refractivity contribution < 1.29 is 28.7 Å². The average Bonchev–Trinajstić information content (AvgIpc) is 2.24. The summed E-state index contributed by atoms with van der Waals surface area (Å²) >= 11 is 0. The van der Waals surface area contributed by atoms with E-state index in [0.29, 0.717) is 12.8 Å². The summed E-state index contributed by atoms with van der Waals surface area (Å²) in [5, 5.41) is -1.88. The molecule has 21 heavy (non-hydrogen) atoms. The van der Waals surface area contributed by atoms with Crippen LogP contribution in [0.15, 0.2) is 23.3 Å². The molecule has 0 saturated carbocycles. The first-order valence-electron chi connectivity index (χ1n) is 6.84. The Morgan fingerprint density at radius 1 is 1.10 bits per heavy atom. The Morgan fingerprint density at radius 2 is 1.62 bits per heavy atom. The molecule has 0 saturated heterocycles. The van der Waals surface area contributed by atoms with Gasteiger partial charge in [0, 0.05) is 0 Å². The van der Waals surface area contributed by atoms with E-state index in [0.717, 1.165) is 18.4 Å². The molecule has 8 heteroatoms. The topological polar surface area (TPSA) is 115 Å². The highest BCUT2D eigenvalue weighted by atomic mass is 31.2. The molecule has 0 aliphatic rings. The fourth-order valence-corrected chi connectivity index (χ4v) is 4.48. The van der Waals surface area contributed by atoms with Gasteiger partial charge in [-0.25, -0.2) is 0 Å². The maximum atomic E-state index is 11.1. The van der Waals surface area contributed by atoms with E-state index < -0.39 is 20.6 Å². The summed E-state index contributed by atoms with van der Waals surface area (Å²) in [6, 6.07) is 0. The lowest BCUT2D eigenvalue weighted by molar-refractivity contribution is 0.334. The molecule has 0 aromatic rings. The van der Waals surface area contributed by atoms with E-state index in [1.54, 1.807) is 0 Å². The van der Waals surface area contributed by atoms with Crippen LogP contribution in [0.2, 0.25) is 0 Å². The minimum absolute atomic E-state index is 0.188. The Morgan fingerprint density at radius 3 is 2.05 bits per heavy atom. The van der Waals surface area contributed by atoms with Crippen LogP contribution in [0.3, 0.4) is 0 Å². The van der Waals surface area contributed by atoms with Gasteiger partial charge in [0.15, 0.2) is 5.40 Å². The standard InChI is InChI=1S/C13H26O6P2/c1-11(2)7-6-9-12(3)8-4-5-10-13(20(14,15)16)21(17,18)19/h7-8,13H,4-6,9-10H2,1-3H3,(H2,14,15,16)(H2,17,18,19)/b12-8+/i4+2. The summed E-state index contributed by atoms with van der Waals surface area (Å²) < 4.78 is 22.2. The van der Waals surface area contributed by atoms with Gasteiger partial charge in [-0.15, -0.1) is 0 Å². The second-order valence-electron chi connectivity index (χ2n) is 5.46. The molecule has 0 aliphatic carbocycles. The Labute approximate surface area is 126 Å². The van der Waals surface area contributed by atoms with Gasteiger partial charge in [-0.3, -0.25) is 9.13 Å². The summed E-state index contributed by atoms with van der Waals surface area (Å²) in [6.45, 7) is 6.04. The molecule has 0 heterocycles. The smallest absolute Gasteiger partial charge is 0.324 e. The fourth-order valence-electron chi connectivity index (χ4n) is 1.87. The molecule has 0 radical (unpaired) electrons. The largest absolute Gasteiger partial charge is 0.340 e. The van der Waals surface area contributed by atoms with Gasteiger partial charge in [0.1, 0.15) is 0 Å². The third-order valence-electron chi connectivity index (χ3n) is 3.03. The number of unbranched alkanes of at least 4 members (excludes halogenated alkanes) is 1. The highest BCUT2D eigenvalue weighted by molar-refractivity contribution is 7.70. The normalized spacial score (nSPS) is 13.6. The maximum absolute atomic E-state index is 11.1. The predicted octanol–water partition coefficient (Wildman–Crippen LogP) is 3.53. The first-order valence-corrected chi connectivity index (χ1v) is 10.2. The number of hydrogen-bond donors (Lipinski definition) is 4. The van der Waals surface area contributed by atoms with E-state index in [1.165, 1.54) is 5.57 Å². The van der Waals surface area contributed by atoms with Gasteiger partial charge in [-0.05, 0) is 52.9 Å². The number of rotatable bonds is 9. The van der Waals surface area contributed by atoms with Crippen molar-refractivity contribution in [1.29, 1.82) is 0 Å². The molecule has 124 valence electrons. The van der Waals surface area contributed by atoms with Crippen LogP contribution in [0, 0.1) is 0 Å². The van der Waals surface area contributed by atoms with Crippen molar-refractivity contribution in [3.63, 3.8) is 0 Å². The highest BCUT2D eigenvalue weighted by Gasteiger charge is 2.42. The second kappa shape index (κ2) is 9.04. The van der Waals surface area contributed by atoms with Crippen molar-refractivity contribution in [3.05, 3.63) is 23.3 Å². The SMILES string of the molecule is CC(C)=CCC/C(C)=C/[14CH2]CCC(P(=O)(O)O)P(=O)(O)O. The third kappa shape index (κ3) is 10.2. The molecular formula is C13H26O6P2. The van der Waals surface area contributed by atoms with Gasteiger partial charge in [-0.2, -0.15) is 0 Å². The predicted molar refractivity (Wildman–Crippen MR) is 84.1 cm³/mol. The fraction of sp³-hybridized carbons (Fsp3) is 0.692. The zero-order valence-corrected chi connectivity index (χ0v) is 14.6. The van der Waals surface area contributed by atoms with Crippen molar-refractivity contribution in [2.75, 3.05) is 0 Å². The van der Waals surface area contributed by atoms with Gasteiger partial charge in [-0.1, -0.05) is 23.3 Å². The Hall–Kier alpha value is -0.220. The Balaban J connectivity index is 4.32. The molecule has 0 bridgehead atoms. The van der Waals surface area contributed by atoms with Crippen LogP contribution < -0.4 is 0 Å². The summed E-state index contributed by atoms with van der Waals surface area (Å²) in [4.78, 5) is 35.9. The molecule has 0 atom stereocenters. The molecule has 4 N–H and O–H groups in total. The number of hydrogen-bond acceptors (Lipinski definition) is 2. The highest BCUT2D eigenvalue weighted by Crippen LogP contribution is 2.61. The van der Waals surface area contributed by atoms with Crippen LogP contribution in [-0.2, 0) is 9.13 Å². The van der Waals surface area contributed by atoms with Crippen LogP contribution in [0.1, 0.15) is 52.9 Å². The van der Waals surface area contributed by atoms with Crippen LogP contribution in [0.5, 0.6) is 0 Å². The Kier molecular flexibility index (Phi) is 8.94. The zero-order chi connectivity index (χ0) is 16.7. The zero-order valence-electron chi connectivity index (χ0n) is 12.8. The molecular weight excluding hydrogens is 316 g/mol. The van der Waals surface area contributed by atoms with Gasteiger partial charge in [0.2, 0.25) is 0 Å². The second-order valence-corrected chi connectivity index (χ2v) is 9.47. The van der Waals surface area contributed by atoms with Crippen LogP contribution in [0.4, 0.5) is 0 Å². The molecule has 0 unspecified atom stereocenters. The monoisotopic (exact) mass is 342 g/mol. The van der Waals surface area contributed by atoms with Gasteiger partial charge in [0.25, 0.3) is 0 Å². The first-order chi connectivity index (χ1) is 9.44. The minimum atomic E-state index is -4.78. The minimum Gasteiger partial charge on any atom is -0.324 e. The van der Waals surface area contributed by atoms with Gasteiger partial charge < -0.3 is 19.6 Å². The van der Waals surface area contributed by atoms with Crippen LogP contribution >= 0.6 is 15.2 Å². The van der Waals surface area contributed by atoms with Crippen LogP contribution in [0.25, 0.3) is 0 Å². The molecule has 0 fully saturated rings. The molecule has 0 aromatic heterocycles. The van der Waals surface area contributed by atoms with E-state index in [9.17, 15) is 9.13 Å². The third-order valence-corrected chi connectivity index (χ3v) is 6.90. The molecule has 0 spiro atoms. The molecule has 0 rings (SSSR count). The van der Waals surface area contributed by atoms with Crippen LogP contribution in [-0.4, -0.2) is 25.0 Å². The Bertz CT molecular complexity index is 445. The summed E-state index contributed by atoms with van der Waals surface area (Å²) in [5.41, 5.74) is 2.42. The summed E-state index contributed by atoms with van der Waals surface area (Å²) in [5.74, 6) is 0. The summed E-state index contributed by atoms with van der Waals surface area (Å²) in [6.07, 6.45) is 6.64. The first kappa shape index (κ1) is 20.8. The van der Waals surface area contributed by atoms with Crippen molar-refractivity contribution >= 4 is 15.2 Å². The molecule has 0 aliphatic heterocycles. The van der Waals surface area contributed by atoms with Crippen molar-refractivity contribution in [1.82, 2.24) is 0 Å². The van der Waals surface area contributed by atoms with E-state index in [-0.39, 0.29) is 6.42 Å². The summed E-state index contributed by atoms with van der Waals surface area (Å²) in [7, 11) is -9.56. The molecule has 6 nitrogen and oxygen atoms in total. The van der Waals surface area contributed by atoms with E-state index in [1.807, 2.05) is 26.8 Å². The average molecular weight is 342 g/mol.